The van der Waals surface area contributed by atoms with Crippen LogP contribution in [-0.2, 0) is 16.1 Å². The summed E-state index contributed by atoms with van der Waals surface area (Å²) in [5.41, 5.74) is 0.663. The number of fused-ring (bicyclic) bond motifs is 1. The first kappa shape index (κ1) is 18.0. The molecule has 2 heterocycles. The van der Waals surface area contributed by atoms with Crippen molar-refractivity contribution in [2.45, 2.75) is 25.8 Å². The molecule has 0 atom stereocenters. The zero-order valence-corrected chi connectivity index (χ0v) is 15.1. The van der Waals surface area contributed by atoms with Crippen LogP contribution in [-0.4, -0.2) is 26.9 Å². The van der Waals surface area contributed by atoms with Gasteiger partial charge in [-0.3, -0.25) is 23.7 Å². The standard InChI is InChI=1S/C22H18N2O4/c25-17-9-4-10-18(26)19(17)20(27)16-12-15-8-5-11-23-21(15)24(22(16)28)13-14-6-2-1-3-7-14/h1-3,5-8,11-12,19H,4,9-10,13H2. The molecular weight excluding hydrogens is 356 g/mol. The van der Waals surface area contributed by atoms with E-state index in [-0.39, 0.29) is 24.9 Å². The highest BCUT2D eigenvalue weighted by Gasteiger charge is 2.37. The molecule has 0 N–H and O–H groups in total. The lowest BCUT2D eigenvalue weighted by Gasteiger charge is -2.19. The van der Waals surface area contributed by atoms with Crippen LogP contribution in [0.25, 0.3) is 11.0 Å². The number of pyridine rings is 2. The highest BCUT2D eigenvalue weighted by molar-refractivity contribution is 6.25. The summed E-state index contributed by atoms with van der Waals surface area (Å²) in [6, 6.07) is 14.3. The van der Waals surface area contributed by atoms with Gasteiger partial charge in [-0.25, -0.2) is 4.98 Å². The first-order valence-corrected chi connectivity index (χ1v) is 9.18. The van der Waals surface area contributed by atoms with Crippen LogP contribution >= 0.6 is 0 Å². The van der Waals surface area contributed by atoms with Gasteiger partial charge in [0.05, 0.1) is 12.1 Å². The minimum atomic E-state index is -1.36. The van der Waals surface area contributed by atoms with E-state index in [9.17, 15) is 19.2 Å². The number of ketones is 3. The van der Waals surface area contributed by atoms with Crippen molar-refractivity contribution in [3.63, 3.8) is 0 Å². The highest BCUT2D eigenvalue weighted by Crippen LogP contribution is 2.22. The summed E-state index contributed by atoms with van der Waals surface area (Å²) in [6.45, 7) is 0.237. The van der Waals surface area contributed by atoms with Gasteiger partial charge in [0.1, 0.15) is 11.6 Å². The second kappa shape index (κ2) is 7.31. The molecule has 1 aromatic carbocycles. The van der Waals surface area contributed by atoms with Crippen LogP contribution in [0.4, 0.5) is 0 Å². The molecule has 6 nitrogen and oxygen atoms in total. The number of carbonyl (C=O) groups is 3. The summed E-state index contributed by atoms with van der Waals surface area (Å²) in [5, 5.41) is 0.608. The van der Waals surface area contributed by atoms with Crippen molar-refractivity contribution >= 4 is 28.4 Å². The highest BCUT2D eigenvalue weighted by atomic mass is 16.2. The Morgan fingerprint density at radius 2 is 1.71 bits per heavy atom. The summed E-state index contributed by atoms with van der Waals surface area (Å²) < 4.78 is 1.43. The molecule has 0 aliphatic heterocycles. The van der Waals surface area contributed by atoms with Gasteiger partial charge in [0.25, 0.3) is 5.56 Å². The summed E-state index contributed by atoms with van der Waals surface area (Å²) in [5.74, 6) is -2.86. The lowest BCUT2D eigenvalue weighted by atomic mass is 9.82. The third-order valence-electron chi connectivity index (χ3n) is 5.05. The number of carbonyl (C=O) groups excluding carboxylic acids is 3. The molecule has 28 heavy (non-hydrogen) atoms. The minimum absolute atomic E-state index is 0.134. The van der Waals surface area contributed by atoms with Gasteiger partial charge in [0.2, 0.25) is 0 Å². The van der Waals surface area contributed by atoms with Gasteiger partial charge < -0.3 is 0 Å². The lowest BCUT2D eigenvalue weighted by Crippen LogP contribution is -2.39. The van der Waals surface area contributed by atoms with Gasteiger partial charge in [0, 0.05) is 24.4 Å². The molecule has 6 heteroatoms. The van der Waals surface area contributed by atoms with Gasteiger partial charge in [-0.2, -0.15) is 0 Å². The third kappa shape index (κ3) is 3.17. The van der Waals surface area contributed by atoms with Crippen molar-refractivity contribution < 1.29 is 14.4 Å². The predicted molar refractivity (Wildman–Crippen MR) is 103 cm³/mol. The SMILES string of the molecule is O=C1CCCC(=O)C1C(=O)c1cc2cccnc2n(Cc2ccccc2)c1=O. The Morgan fingerprint density at radius 1 is 1.00 bits per heavy atom. The number of hydrogen-bond acceptors (Lipinski definition) is 5. The van der Waals surface area contributed by atoms with Crippen LogP contribution in [0, 0.1) is 5.92 Å². The van der Waals surface area contributed by atoms with E-state index in [1.165, 1.54) is 10.6 Å². The molecule has 0 bridgehead atoms. The maximum Gasteiger partial charge on any atom is 0.263 e. The Hall–Kier alpha value is -3.41. The van der Waals surface area contributed by atoms with Crippen LogP contribution in [0.1, 0.15) is 35.2 Å². The van der Waals surface area contributed by atoms with Crippen molar-refractivity contribution in [2.75, 3.05) is 0 Å². The molecule has 0 spiro atoms. The van der Waals surface area contributed by atoms with E-state index in [1.807, 2.05) is 30.3 Å². The molecule has 0 radical (unpaired) electrons. The molecule has 1 saturated carbocycles. The van der Waals surface area contributed by atoms with Crippen molar-refractivity contribution in [2.24, 2.45) is 5.92 Å². The second-order valence-electron chi connectivity index (χ2n) is 6.93. The molecule has 1 aliphatic rings. The maximum absolute atomic E-state index is 13.2. The van der Waals surface area contributed by atoms with Crippen molar-refractivity contribution in [3.05, 3.63) is 76.2 Å². The monoisotopic (exact) mass is 374 g/mol. The van der Waals surface area contributed by atoms with E-state index in [1.54, 1.807) is 18.3 Å². The minimum Gasteiger partial charge on any atom is -0.298 e. The van der Waals surface area contributed by atoms with Crippen molar-refractivity contribution in [1.29, 1.82) is 0 Å². The van der Waals surface area contributed by atoms with E-state index >= 15 is 0 Å². The summed E-state index contributed by atoms with van der Waals surface area (Å²) >= 11 is 0. The maximum atomic E-state index is 13.2. The fourth-order valence-corrected chi connectivity index (χ4v) is 3.65. The molecule has 140 valence electrons. The summed E-state index contributed by atoms with van der Waals surface area (Å²) in [6.07, 6.45) is 2.42. The van der Waals surface area contributed by atoms with E-state index in [0.717, 1.165) is 5.56 Å². The van der Waals surface area contributed by atoms with E-state index in [2.05, 4.69) is 4.98 Å². The summed E-state index contributed by atoms with van der Waals surface area (Å²) in [7, 11) is 0. The third-order valence-corrected chi connectivity index (χ3v) is 5.05. The molecule has 1 fully saturated rings. The predicted octanol–water partition coefficient (Wildman–Crippen LogP) is 2.57. The molecule has 0 unspecified atom stereocenters. The second-order valence-corrected chi connectivity index (χ2v) is 6.93. The van der Waals surface area contributed by atoms with Crippen LogP contribution in [0.5, 0.6) is 0 Å². The van der Waals surface area contributed by atoms with Crippen molar-refractivity contribution in [3.8, 4) is 0 Å². The summed E-state index contributed by atoms with van der Waals surface area (Å²) in [4.78, 5) is 54.9. The quantitative estimate of drug-likeness (QED) is 0.517. The lowest BCUT2D eigenvalue weighted by molar-refractivity contribution is -0.133. The van der Waals surface area contributed by atoms with Gasteiger partial charge in [-0.1, -0.05) is 30.3 Å². The Balaban J connectivity index is 1.87. The van der Waals surface area contributed by atoms with Crippen LogP contribution in [0.3, 0.4) is 0 Å². The molecule has 4 rings (SSSR count). The zero-order valence-electron chi connectivity index (χ0n) is 15.1. The van der Waals surface area contributed by atoms with Gasteiger partial charge in [-0.15, -0.1) is 0 Å². The van der Waals surface area contributed by atoms with Gasteiger partial charge in [-0.05, 0) is 30.2 Å². The van der Waals surface area contributed by atoms with E-state index in [4.69, 9.17) is 0 Å². The Bertz CT molecular complexity index is 1130. The largest absolute Gasteiger partial charge is 0.298 e. The fraction of sp³-hybridized carbons (Fsp3) is 0.227. The number of rotatable bonds is 4. The first-order chi connectivity index (χ1) is 13.6. The Morgan fingerprint density at radius 3 is 2.43 bits per heavy atom. The Labute approximate surface area is 160 Å². The molecule has 3 aromatic rings. The number of aromatic nitrogens is 2. The average Bonchev–Trinajstić information content (AvgIpc) is 2.70. The number of hydrogen-bond donors (Lipinski definition) is 0. The number of benzene rings is 1. The number of Topliss-reactive ketones (excluding diaryl/α,β-unsaturated/α-hetero) is 3. The molecular formula is C22H18N2O4. The number of nitrogens with zero attached hydrogens (tertiary/aromatic N) is 2. The normalized spacial score (nSPS) is 15.1. The smallest absolute Gasteiger partial charge is 0.263 e. The average molecular weight is 374 g/mol. The van der Waals surface area contributed by atoms with Crippen LogP contribution in [0.2, 0.25) is 0 Å². The van der Waals surface area contributed by atoms with E-state index < -0.39 is 28.8 Å². The first-order valence-electron chi connectivity index (χ1n) is 9.18. The molecule has 1 aliphatic carbocycles. The molecule has 0 amide bonds. The van der Waals surface area contributed by atoms with Crippen LogP contribution in [0.15, 0.2) is 59.5 Å². The van der Waals surface area contributed by atoms with Gasteiger partial charge >= 0.3 is 0 Å². The topological polar surface area (TPSA) is 86.1 Å². The van der Waals surface area contributed by atoms with Crippen LogP contribution < -0.4 is 5.56 Å². The fourth-order valence-electron chi connectivity index (χ4n) is 3.65. The zero-order chi connectivity index (χ0) is 19.7. The molecule has 0 saturated heterocycles. The Kier molecular flexibility index (Phi) is 4.69. The van der Waals surface area contributed by atoms with E-state index in [0.29, 0.717) is 17.5 Å². The van der Waals surface area contributed by atoms with Gasteiger partial charge in [0.15, 0.2) is 17.3 Å². The van der Waals surface area contributed by atoms with Crippen molar-refractivity contribution in [1.82, 2.24) is 9.55 Å². The molecule has 2 aromatic heterocycles.